The summed E-state index contributed by atoms with van der Waals surface area (Å²) in [7, 11) is 1.73. The molecule has 0 spiro atoms. The number of hydrogen-bond donors (Lipinski definition) is 1. The van der Waals surface area contributed by atoms with Crippen LogP contribution in [-0.2, 0) is 28.9 Å². The highest BCUT2D eigenvalue weighted by atomic mass is 79.9. The van der Waals surface area contributed by atoms with Crippen LogP contribution in [0, 0.1) is 0 Å². The normalized spacial score (nSPS) is 11.2. The zero-order valence-corrected chi connectivity index (χ0v) is 25.2. The zero-order chi connectivity index (χ0) is 27.7. The maximum absolute atomic E-state index is 12.8. The van der Waals surface area contributed by atoms with Crippen LogP contribution in [0.3, 0.4) is 0 Å². The van der Waals surface area contributed by atoms with Crippen molar-refractivity contribution in [3.8, 4) is 0 Å². The standard InChI is InChI=1S/C31H37BrN2O3S/c1-6-22-19-25(32)16-15-23(22)11-10-14-29(35)33-26-17-18-28(38-27-12-8-7-9-13-27)24(20-26)21-34(5)30(36)37-31(2,3)4/h7-9,12-13,15-20H,6,10-11,14,21H2,1-5H3,(H,33,35). The molecule has 3 rings (SSSR count). The predicted octanol–water partition coefficient (Wildman–Crippen LogP) is 8.49. The number of benzene rings is 3. The first-order valence-electron chi connectivity index (χ1n) is 12.9. The highest BCUT2D eigenvalue weighted by molar-refractivity contribution is 9.10. The minimum atomic E-state index is -0.572. The molecule has 0 fully saturated rings. The second-order valence-electron chi connectivity index (χ2n) is 10.2. The highest BCUT2D eigenvalue weighted by Crippen LogP contribution is 2.33. The molecule has 0 radical (unpaired) electrons. The molecule has 1 N–H and O–H groups in total. The molecule has 0 aliphatic carbocycles. The number of hydrogen-bond acceptors (Lipinski definition) is 4. The molecule has 0 saturated heterocycles. The number of rotatable bonds is 10. The summed E-state index contributed by atoms with van der Waals surface area (Å²) < 4.78 is 6.62. The fourth-order valence-corrected chi connectivity index (χ4v) is 5.33. The van der Waals surface area contributed by atoms with Crippen molar-refractivity contribution >= 4 is 45.4 Å². The van der Waals surface area contributed by atoms with Crippen molar-refractivity contribution in [2.24, 2.45) is 0 Å². The number of nitrogens with one attached hydrogen (secondary N) is 1. The summed E-state index contributed by atoms with van der Waals surface area (Å²) in [4.78, 5) is 29.1. The molecule has 3 aromatic carbocycles. The van der Waals surface area contributed by atoms with Crippen LogP contribution in [0.5, 0.6) is 0 Å². The Morgan fingerprint density at radius 2 is 1.71 bits per heavy atom. The van der Waals surface area contributed by atoms with Gasteiger partial charge in [-0.25, -0.2) is 4.79 Å². The van der Waals surface area contributed by atoms with E-state index in [1.54, 1.807) is 23.7 Å². The maximum Gasteiger partial charge on any atom is 0.410 e. The van der Waals surface area contributed by atoms with Crippen LogP contribution in [0.1, 0.15) is 57.2 Å². The third-order valence-corrected chi connectivity index (χ3v) is 7.45. The van der Waals surface area contributed by atoms with Gasteiger partial charge >= 0.3 is 6.09 Å². The van der Waals surface area contributed by atoms with E-state index >= 15 is 0 Å². The summed E-state index contributed by atoms with van der Waals surface area (Å²) in [5, 5.41) is 3.05. The monoisotopic (exact) mass is 596 g/mol. The third-order valence-electron chi connectivity index (χ3n) is 5.83. The first-order valence-corrected chi connectivity index (χ1v) is 14.5. The van der Waals surface area contributed by atoms with Gasteiger partial charge in [0, 0.05) is 40.0 Å². The number of carbonyl (C=O) groups is 2. The van der Waals surface area contributed by atoms with Crippen molar-refractivity contribution in [2.45, 2.75) is 75.3 Å². The van der Waals surface area contributed by atoms with Gasteiger partial charge in [-0.15, -0.1) is 0 Å². The molecule has 38 heavy (non-hydrogen) atoms. The van der Waals surface area contributed by atoms with E-state index < -0.39 is 5.60 Å². The van der Waals surface area contributed by atoms with Crippen molar-refractivity contribution < 1.29 is 14.3 Å². The minimum absolute atomic E-state index is 0.0185. The van der Waals surface area contributed by atoms with E-state index in [0.29, 0.717) is 13.0 Å². The number of aryl methyl sites for hydroxylation is 2. The van der Waals surface area contributed by atoms with Crippen LogP contribution in [0.15, 0.2) is 81.0 Å². The topological polar surface area (TPSA) is 58.6 Å². The zero-order valence-electron chi connectivity index (χ0n) is 22.8. The number of amides is 2. The lowest BCUT2D eigenvalue weighted by atomic mass is 10.00. The lowest BCUT2D eigenvalue weighted by molar-refractivity contribution is -0.116. The summed E-state index contributed by atoms with van der Waals surface area (Å²) in [6.07, 6.45) is 2.66. The molecule has 2 amide bonds. The van der Waals surface area contributed by atoms with Crippen LogP contribution in [0.25, 0.3) is 0 Å². The number of ether oxygens (including phenoxy) is 1. The quantitative estimate of drug-likeness (QED) is 0.255. The Bertz CT molecular complexity index is 1240. The molecule has 0 bridgehead atoms. The largest absolute Gasteiger partial charge is 0.444 e. The first-order chi connectivity index (χ1) is 18.0. The average Bonchev–Trinajstić information content (AvgIpc) is 2.86. The number of nitrogens with zero attached hydrogens (tertiary/aromatic N) is 1. The van der Waals surface area contributed by atoms with Gasteiger partial charge in [0.2, 0.25) is 5.91 Å². The second-order valence-corrected chi connectivity index (χ2v) is 12.3. The lowest BCUT2D eigenvalue weighted by Crippen LogP contribution is -2.33. The van der Waals surface area contributed by atoms with E-state index in [4.69, 9.17) is 4.74 Å². The van der Waals surface area contributed by atoms with E-state index in [1.165, 1.54) is 11.1 Å². The van der Waals surface area contributed by atoms with E-state index in [1.807, 2.05) is 57.2 Å². The Morgan fingerprint density at radius 3 is 2.39 bits per heavy atom. The van der Waals surface area contributed by atoms with Gasteiger partial charge in [0.15, 0.2) is 0 Å². The molecule has 202 valence electrons. The van der Waals surface area contributed by atoms with Gasteiger partial charge in [-0.1, -0.05) is 58.9 Å². The lowest BCUT2D eigenvalue weighted by Gasteiger charge is -2.25. The second kappa shape index (κ2) is 13.9. The average molecular weight is 598 g/mol. The van der Waals surface area contributed by atoms with Gasteiger partial charge in [-0.2, -0.15) is 0 Å². The van der Waals surface area contributed by atoms with Crippen LogP contribution in [0.4, 0.5) is 10.5 Å². The Morgan fingerprint density at radius 1 is 0.974 bits per heavy atom. The summed E-state index contributed by atoms with van der Waals surface area (Å²) in [5.74, 6) is -0.0185. The molecule has 0 unspecified atom stereocenters. The number of carbonyl (C=O) groups excluding carboxylic acids is 2. The van der Waals surface area contributed by atoms with E-state index in [2.05, 4.69) is 58.5 Å². The van der Waals surface area contributed by atoms with Crippen molar-refractivity contribution in [1.82, 2.24) is 4.90 Å². The van der Waals surface area contributed by atoms with E-state index in [-0.39, 0.29) is 12.0 Å². The number of anilines is 1. The molecule has 3 aromatic rings. The predicted molar refractivity (Wildman–Crippen MR) is 160 cm³/mol. The van der Waals surface area contributed by atoms with Gasteiger partial charge in [-0.05, 0) is 99.2 Å². The number of halogens is 1. The van der Waals surface area contributed by atoms with Crippen LogP contribution < -0.4 is 5.32 Å². The fraction of sp³-hybridized carbons (Fsp3) is 0.355. The van der Waals surface area contributed by atoms with Crippen LogP contribution >= 0.6 is 27.7 Å². The summed E-state index contributed by atoms with van der Waals surface area (Å²) in [6.45, 7) is 8.06. The van der Waals surface area contributed by atoms with Crippen molar-refractivity contribution in [2.75, 3.05) is 12.4 Å². The van der Waals surface area contributed by atoms with E-state index in [0.717, 1.165) is 44.8 Å². The van der Waals surface area contributed by atoms with Gasteiger partial charge in [-0.3, -0.25) is 4.79 Å². The molecule has 5 nitrogen and oxygen atoms in total. The van der Waals surface area contributed by atoms with Gasteiger partial charge < -0.3 is 15.0 Å². The molecule has 7 heteroatoms. The molecule has 0 heterocycles. The van der Waals surface area contributed by atoms with Crippen LogP contribution in [0.2, 0.25) is 0 Å². The van der Waals surface area contributed by atoms with Crippen molar-refractivity contribution in [3.05, 3.63) is 87.9 Å². The molecular formula is C31H37BrN2O3S. The highest BCUT2D eigenvalue weighted by Gasteiger charge is 2.21. The third kappa shape index (κ3) is 9.52. The minimum Gasteiger partial charge on any atom is -0.444 e. The smallest absolute Gasteiger partial charge is 0.410 e. The first kappa shape index (κ1) is 29.8. The fourth-order valence-electron chi connectivity index (χ4n) is 3.99. The summed E-state index contributed by atoms with van der Waals surface area (Å²) in [6, 6.07) is 22.3. The molecule has 0 atom stereocenters. The van der Waals surface area contributed by atoms with E-state index in [9.17, 15) is 9.59 Å². The molecule has 0 saturated carbocycles. The van der Waals surface area contributed by atoms with Crippen molar-refractivity contribution in [3.63, 3.8) is 0 Å². The maximum atomic E-state index is 12.8. The Labute approximate surface area is 239 Å². The Kier molecular flexibility index (Phi) is 10.9. The summed E-state index contributed by atoms with van der Waals surface area (Å²) >= 11 is 5.17. The van der Waals surface area contributed by atoms with Gasteiger partial charge in [0.1, 0.15) is 5.60 Å². The molecule has 0 aliphatic rings. The molecular weight excluding hydrogens is 560 g/mol. The van der Waals surface area contributed by atoms with Crippen molar-refractivity contribution in [1.29, 1.82) is 0 Å². The Hall–Kier alpha value is -2.77. The Balaban J connectivity index is 1.69. The summed E-state index contributed by atoms with van der Waals surface area (Å²) in [5.41, 5.74) is 3.69. The van der Waals surface area contributed by atoms with Crippen LogP contribution in [-0.4, -0.2) is 29.5 Å². The SMILES string of the molecule is CCc1cc(Br)ccc1CCCC(=O)Nc1ccc(Sc2ccccc2)c(CN(C)C(=O)OC(C)(C)C)c1. The molecule has 0 aliphatic heterocycles. The molecule has 0 aromatic heterocycles. The van der Waals surface area contributed by atoms with Gasteiger partial charge in [0.25, 0.3) is 0 Å². The van der Waals surface area contributed by atoms with Gasteiger partial charge in [0.05, 0.1) is 0 Å².